The van der Waals surface area contributed by atoms with E-state index in [1.807, 2.05) is 24.3 Å². The second-order valence-electron chi connectivity index (χ2n) is 3.98. The maximum atomic E-state index is 13.2. The molecule has 0 radical (unpaired) electrons. The van der Waals surface area contributed by atoms with Crippen molar-refractivity contribution in [1.29, 1.82) is 0 Å². The number of halogens is 1. The third-order valence-electron chi connectivity index (χ3n) is 2.59. The maximum absolute atomic E-state index is 13.2. The highest BCUT2D eigenvalue weighted by Crippen LogP contribution is 2.32. The molecule has 0 aliphatic rings. The quantitative estimate of drug-likeness (QED) is 0.783. The van der Waals surface area contributed by atoms with Crippen molar-refractivity contribution in [3.63, 3.8) is 0 Å². The van der Waals surface area contributed by atoms with Crippen molar-refractivity contribution in [3.8, 4) is 5.75 Å². The Labute approximate surface area is 115 Å². The van der Waals surface area contributed by atoms with Crippen LogP contribution < -0.4 is 4.74 Å². The van der Waals surface area contributed by atoms with E-state index in [9.17, 15) is 9.18 Å². The number of hydrogen-bond donors (Lipinski definition) is 0. The van der Waals surface area contributed by atoms with Gasteiger partial charge in [0.05, 0.1) is 7.11 Å². The Hall–Kier alpha value is -1.81. The molecule has 0 heterocycles. The smallest absolute Gasteiger partial charge is 0.161 e. The Bertz CT molecular complexity index is 611. The van der Waals surface area contributed by atoms with Gasteiger partial charge in [-0.2, -0.15) is 0 Å². The lowest BCUT2D eigenvalue weighted by molar-refractivity contribution is 0.101. The SMILES string of the molecule is COc1cccc(Sc2ccc(F)cc2C(C)=O)c1. The molecule has 0 aromatic heterocycles. The zero-order chi connectivity index (χ0) is 13.8. The van der Waals surface area contributed by atoms with Crippen LogP contribution in [0.1, 0.15) is 17.3 Å². The van der Waals surface area contributed by atoms with E-state index in [1.165, 1.54) is 30.8 Å². The molecule has 0 N–H and O–H groups in total. The van der Waals surface area contributed by atoms with Gasteiger partial charge in [-0.1, -0.05) is 17.8 Å². The van der Waals surface area contributed by atoms with Crippen LogP contribution in [-0.2, 0) is 0 Å². The van der Waals surface area contributed by atoms with E-state index in [2.05, 4.69) is 0 Å². The van der Waals surface area contributed by atoms with Gasteiger partial charge in [0, 0.05) is 15.4 Å². The summed E-state index contributed by atoms with van der Waals surface area (Å²) in [5.41, 5.74) is 0.396. The van der Waals surface area contributed by atoms with Crippen LogP contribution in [0.25, 0.3) is 0 Å². The second kappa shape index (κ2) is 5.89. The van der Waals surface area contributed by atoms with Gasteiger partial charge >= 0.3 is 0 Å². The van der Waals surface area contributed by atoms with Gasteiger partial charge in [-0.05, 0) is 43.3 Å². The number of rotatable bonds is 4. The molecule has 98 valence electrons. The number of methoxy groups -OCH3 is 1. The molecule has 2 nitrogen and oxygen atoms in total. The van der Waals surface area contributed by atoms with Crippen LogP contribution in [-0.4, -0.2) is 12.9 Å². The van der Waals surface area contributed by atoms with E-state index in [0.29, 0.717) is 5.56 Å². The molecule has 2 aromatic carbocycles. The van der Waals surface area contributed by atoms with Gasteiger partial charge in [-0.3, -0.25) is 4.79 Å². The predicted molar refractivity (Wildman–Crippen MR) is 73.5 cm³/mol. The highest BCUT2D eigenvalue weighted by atomic mass is 32.2. The van der Waals surface area contributed by atoms with Crippen LogP contribution in [0.5, 0.6) is 5.75 Å². The van der Waals surface area contributed by atoms with Crippen LogP contribution in [0.4, 0.5) is 4.39 Å². The molecule has 19 heavy (non-hydrogen) atoms. The topological polar surface area (TPSA) is 26.3 Å². The minimum Gasteiger partial charge on any atom is -0.497 e. The highest BCUT2D eigenvalue weighted by molar-refractivity contribution is 7.99. The molecule has 2 aromatic rings. The standard InChI is InChI=1S/C15H13FO2S/c1-10(17)14-8-11(16)6-7-15(14)19-13-5-3-4-12(9-13)18-2/h3-9H,1-2H3. The summed E-state index contributed by atoms with van der Waals surface area (Å²) in [4.78, 5) is 13.2. The first kappa shape index (κ1) is 13.6. The summed E-state index contributed by atoms with van der Waals surface area (Å²) in [6.45, 7) is 1.43. The molecule has 0 saturated heterocycles. The van der Waals surface area contributed by atoms with E-state index >= 15 is 0 Å². The number of ketones is 1. The molecule has 0 bridgehead atoms. The van der Waals surface area contributed by atoms with Crippen LogP contribution in [0.3, 0.4) is 0 Å². The van der Waals surface area contributed by atoms with Crippen molar-refractivity contribution in [2.24, 2.45) is 0 Å². The van der Waals surface area contributed by atoms with Gasteiger partial charge in [-0.15, -0.1) is 0 Å². The Morgan fingerprint density at radius 2 is 2.00 bits per heavy atom. The zero-order valence-electron chi connectivity index (χ0n) is 10.6. The predicted octanol–water partition coefficient (Wildman–Crippen LogP) is 4.19. The Morgan fingerprint density at radius 3 is 2.68 bits per heavy atom. The minimum atomic E-state index is -0.403. The number of carbonyl (C=O) groups is 1. The van der Waals surface area contributed by atoms with Crippen molar-refractivity contribution in [3.05, 3.63) is 53.8 Å². The lowest BCUT2D eigenvalue weighted by Crippen LogP contribution is -1.96. The molecular formula is C15H13FO2S. The largest absolute Gasteiger partial charge is 0.497 e. The van der Waals surface area contributed by atoms with Crippen molar-refractivity contribution in [2.75, 3.05) is 7.11 Å². The maximum Gasteiger partial charge on any atom is 0.161 e. The molecular weight excluding hydrogens is 263 g/mol. The summed E-state index contributed by atoms with van der Waals surface area (Å²) < 4.78 is 18.3. The molecule has 0 atom stereocenters. The minimum absolute atomic E-state index is 0.148. The lowest BCUT2D eigenvalue weighted by atomic mass is 10.1. The summed E-state index contributed by atoms with van der Waals surface area (Å²) in [5, 5.41) is 0. The number of carbonyl (C=O) groups excluding carboxylic acids is 1. The summed E-state index contributed by atoms with van der Waals surface area (Å²) in [6, 6.07) is 11.8. The third-order valence-corrected chi connectivity index (χ3v) is 3.66. The summed E-state index contributed by atoms with van der Waals surface area (Å²) >= 11 is 1.41. The van der Waals surface area contributed by atoms with Crippen LogP contribution in [0.2, 0.25) is 0 Å². The van der Waals surface area contributed by atoms with Crippen molar-refractivity contribution < 1.29 is 13.9 Å². The van der Waals surface area contributed by atoms with E-state index in [1.54, 1.807) is 13.2 Å². The monoisotopic (exact) mass is 276 g/mol. The van der Waals surface area contributed by atoms with Crippen LogP contribution in [0.15, 0.2) is 52.3 Å². The van der Waals surface area contributed by atoms with Crippen LogP contribution >= 0.6 is 11.8 Å². The molecule has 4 heteroatoms. The first-order valence-electron chi connectivity index (χ1n) is 5.72. The molecule has 2 rings (SSSR count). The van der Waals surface area contributed by atoms with Gasteiger partial charge in [0.2, 0.25) is 0 Å². The molecule has 0 aliphatic carbocycles. The fourth-order valence-corrected chi connectivity index (χ4v) is 2.68. The van der Waals surface area contributed by atoms with Gasteiger partial charge in [0.25, 0.3) is 0 Å². The molecule has 0 unspecified atom stereocenters. The molecule has 0 spiro atoms. The number of benzene rings is 2. The fraction of sp³-hybridized carbons (Fsp3) is 0.133. The van der Waals surface area contributed by atoms with Crippen LogP contribution in [0, 0.1) is 5.82 Å². The van der Waals surface area contributed by atoms with Crippen molar-refractivity contribution in [1.82, 2.24) is 0 Å². The van der Waals surface area contributed by atoms with E-state index in [0.717, 1.165) is 15.5 Å². The number of hydrogen-bond acceptors (Lipinski definition) is 3. The van der Waals surface area contributed by atoms with E-state index in [4.69, 9.17) is 4.74 Å². The normalized spacial score (nSPS) is 10.3. The Kier molecular flexibility index (Phi) is 4.22. The zero-order valence-corrected chi connectivity index (χ0v) is 11.5. The summed E-state index contributed by atoms with van der Waals surface area (Å²) in [6.07, 6.45) is 0. The van der Waals surface area contributed by atoms with Crippen molar-refractivity contribution in [2.45, 2.75) is 16.7 Å². The van der Waals surface area contributed by atoms with E-state index in [-0.39, 0.29) is 5.78 Å². The van der Waals surface area contributed by atoms with Gasteiger partial charge in [0.1, 0.15) is 11.6 Å². The van der Waals surface area contributed by atoms with Crippen molar-refractivity contribution >= 4 is 17.5 Å². The summed E-state index contributed by atoms with van der Waals surface area (Å²) in [5.74, 6) is 0.196. The fourth-order valence-electron chi connectivity index (χ4n) is 1.66. The first-order valence-corrected chi connectivity index (χ1v) is 6.54. The summed E-state index contributed by atoms with van der Waals surface area (Å²) in [7, 11) is 1.60. The molecule has 0 saturated carbocycles. The Morgan fingerprint density at radius 1 is 1.21 bits per heavy atom. The first-order chi connectivity index (χ1) is 9.10. The van der Waals surface area contributed by atoms with Gasteiger partial charge < -0.3 is 4.74 Å². The molecule has 0 aliphatic heterocycles. The number of ether oxygens (including phenoxy) is 1. The average molecular weight is 276 g/mol. The highest BCUT2D eigenvalue weighted by Gasteiger charge is 2.10. The Balaban J connectivity index is 2.34. The molecule has 0 amide bonds. The van der Waals surface area contributed by atoms with Gasteiger partial charge in [0.15, 0.2) is 5.78 Å². The average Bonchev–Trinajstić information content (AvgIpc) is 2.41. The van der Waals surface area contributed by atoms with Gasteiger partial charge in [-0.25, -0.2) is 4.39 Å². The third kappa shape index (κ3) is 3.35. The van der Waals surface area contributed by atoms with E-state index < -0.39 is 5.82 Å². The molecule has 0 fully saturated rings. The lowest BCUT2D eigenvalue weighted by Gasteiger charge is -2.08. The second-order valence-corrected chi connectivity index (χ2v) is 5.09. The number of Topliss-reactive ketones (excluding diaryl/α,β-unsaturated/α-hetero) is 1.